The maximum absolute atomic E-state index is 13.3. The number of piperidine rings is 1. The molecule has 1 spiro atoms. The fraction of sp³-hybridized carbons (Fsp3) is 0.619. The second-order valence-corrected chi connectivity index (χ2v) is 8.52. The van der Waals surface area contributed by atoms with Gasteiger partial charge < -0.3 is 15.5 Å². The number of halogens is 1. The number of hydrogen-bond acceptors (Lipinski definition) is 2. The second kappa shape index (κ2) is 7.13. The van der Waals surface area contributed by atoms with Crippen molar-refractivity contribution in [2.75, 3.05) is 33.2 Å². The molecule has 5 nitrogen and oxygen atoms in total. The van der Waals surface area contributed by atoms with Crippen molar-refractivity contribution in [3.8, 4) is 0 Å². The summed E-state index contributed by atoms with van der Waals surface area (Å²) in [4.78, 5) is 18.6. The van der Waals surface area contributed by atoms with Gasteiger partial charge in [-0.2, -0.15) is 0 Å². The average Bonchev–Trinajstić information content (AvgIpc) is 2.98. The molecule has 1 unspecified atom stereocenters. The molecule has 0 radical (unpaired) electrons. The summed E-state index contributed by atoms with van der Waals surface area (Å²) in [6, 6.07) is 6.96. The number of nitrogens with one attached hydrogen (secondary N) is 2. The van der Waals surface area contributed by atoms with Gasteiger partial charge in [0, 0.05) is 50.5 Å². The Balaban J connectivity index is 1.43. The van der Waals surface area contributed by atoms with Crippen molar-refractivity contribution in [3.05, 3.63) is 35.6 Å². The summed E-state index contributed by atoms with van der Waals surface area (Å²) < 4.78 is 13.3. The predicted molar refractivity (Wildman–Crippen MR) is 104 cm³/mol. The van der Waals surface area contributed by atoms with Crippen LogP contribution in [0, 0.1) is 11.2 Å². The van der Waals surface area contributed by atoms with Crippen molar-refractivity contribution in [1.82, 2.24) is 15.5 Å². The van der Waals surface area contributed by atoms with Gasteiger partial charge in [0.2, 0.25) is 5.91 Å². The summed E-state index contributed by atoms with van der Waals surface area (Å²) in [5, 5.41) is 6.59. The molecule has 1 aromatic rings. The lowest BCUT2D eigenvalue weighted by Crippen LogP contribution is -2.54. The topological polar surface area (TPSA) is 56.7 Å². The number of nitrogens with zero attached hydrogens (tertiary/aromatic N) is 2. The van der Waals surface area contributed by atoms with E-state index in [1.165, 1.54) is 12.0 Å². The Hall–Kier alpha value is -2.11. The van der Waals surface area contributed by atoms with Crippen LogP contribution in [0.15, 0.2) is 29.3 Å². The number of rotatable bonds is 3. The third-order valence-corrected chi connectivity index (χ3v) is 6.72. The van der Waals surface area contributed by atoms with Gasteiger partial charge in [0.1, 0.15) is 5.82 Å². The molecule has 4 rings (SSSR count). The highest BCUT2D eigenvalue weighted by molar-refractivity contribution is 5.81. The number of benzene rings is 1. The number of guanidine groups is 1. The van der Waals surface area contributed by atoms with E-state index in [2.05, 4.69) is 20.5 Å². The van der Waals surface area contributed by atoms with E-state index in [1.54, 1.807) is 12.1 Å². The lowest BCUT2D eigenvalue weighted by atomic mass is 9.64. The highest BCUT2D eigenvalue weighted by Gasteiger charge is 2.43. The standard InChI is InChI=1S/C21H29FN4O/c1-23-19(26-11-3-8-20(15-26)12-18(27)24-13-20)25-14-21(9-2-10-21)16-4-6-17(22)7-5-16/h4-7H,2-3,8-15H2,1H3,(H,23,25)(H,24,27). The summed E-state index contributed by atoms with van der Waals surface area (Å²) in [7, 11) is 1.83. The quantitative estimate of drug-likeness (QED) is 0.633. The molecule has 2 aliphatic heterocycles. The molecule has 3 fully saturated rings. The molecule has 27 heavy (non-hydrogen) atoms. The van der Waals surface area contributed by atoms with Crippen LogP contribution < -0.4 is 10.6 Å². The fourth-order valence-corrected chi connectivity index (χ4v) is 4.98. The van der Waals surface area contributed by atoms with Gasteiger partial charge in [0.05, 0.1) is 0 Å². The van der Waals surface area contributed by atoms with E-state index >= 15 is 0 Å². The predicted octanol–water partition coefficient (Wildman–Crippen LogP) is 2.42. The van der Waals surface area contributed by atoms with Gasteiger partial charge in [0.25, 0.3) is 0 Å². The number of hydrogen-bond donors (Lipinski definition) is 2. The van der Waals surface area contributed by atoms with E-state index < -0.39 is 0 Å². The molecule has 0 bridgehead atoms. The van der Waals surface area contributed by atoms with Crippen LogP contribution in [0.2, 0.25) is 0 Å². The van der Waals surface area contributed by atoms with Crippen LogP contribution in [0.25, 0.3) is 0 Å². The molecule has 146 valence electrons. The zero-order valence-electron chi connectivity index (χ0n) is 16.1. The number of amides is 1. The molecule has 2 saturated heterocycles. The van der Waals surface area contributed by atoms with Gasteiger partial charge in [-0.1, -0.05) is 18.6 Å². The van der Waals surface area contributed by atoms with E-state index in [9.17, 15) is 9.18 Å². The minimum atomic E-state index is -0.185. The van der Waals surface area contributed by atoms with Crippen molar-refractivity contribution in [2.45, 2.75) is 43.9 Å². The summed E-state index contributed by atoms with van der Waals surface area (Å²) in [5.74, 6) is 0.904. The van der Waals surface area contributed by atoms with Crippen molar-refractivity contribution < 1.29 is 9.18 Å². The van der Waals surface area contributed by atoms with Gasteiger partial charge in [0.15, 0.2) is 5.96 Å². The Morgan fingerprint density at radius 1 is 1.26 bits per heavy atom. The van der Waals surface area contributed by atoms with E-state index in [1.807, 2.05) is 19.2 Å². The van der Waals surface area contributed by atoms with Crippen molar-refractivity contribution in [3.63, 3.8) is 0 Å². The van der Waals surface area contributed by atoms with E-state index in [4.69, 9.17) is 0 Å². The number of aliphatic imine (C=N–C) groups is 1. The molecular formula is C21H29FN4O. The van der Waals surface area contributed by atoms with E-state index in [0.29, 0.717) is 6.42 Å². The molecule has 1 atom stereocenters. The normalized spacial score (nSPS) is 27.4. The van der Waals surface area contributed by atoms with Gasteiger partial charge in [-0.05, 0) is 43.4 Å². The molecule has 0 aromatic heterocycles. The Bertz CT molecular complexity index is 728. The van der Waals surface area contributed by atoms with Crippen LogP contribution in [-0.2, 0) is 10.2 Å². The van der Waals surface area contributed by atoms with Crippen molar-refractivity contribution in [2.24, 2.45) is 10.4 Å². The highest BCUT2D eigenvalue weighted by atomic mass is 19.1. The molecule has 3 aliphatic rings. The summed E-state index contributed by atoms with van der Waals surface area (Å²) >= 11 is 0. The molecule has 1 aliphatic carbocycles. The van der Waals surface area contributed by atoms with Gasteiger partial charge in [-0.25, -0.2) is 4.39 Å². The van der Waals surface area contributed by atoms with Crippen LogP contribution in [0.5, 0.6) is 0 Å². The lowest BCUT2D eigenvalue weighted by molar-refractivity contribution is -0.119. The second-order valence-electron chi connectivity index (χ2n) is 8.52. The maximum Gasteiger partial charge on any atom is 0.220 e. The molecular weight excluding hydrogens is 343 g/mol. The summed E-state index contributed by atoms with van der Waals surface area (Å²) in [5.41, 5.74) is 1.33. The Kier molecular flexibility index (Phi) is 4.82. The van der Waals surface area contributed by atoms with E-state index in [-0.39, 0.29) is 22.6 Å². The number of carbonyl (C=O) groups is 1. The highest BCUT2D eigenvalue weighted by Crippen LogP contribution is 2.43. The lowest BCUT2D eigenvalue weighted by Gasteiger charge is -2.45. The van der Waals surface area contributed by atoms with Crippen LogP contribution in [0.4, 0.5) is 4.39 Å². The monoisotopic (exact) mass is 372 g/mol. The first kappa shape index (κ1) is 18.3. The third kappa shape index (κ3) is 3.54. The Morgan fingerprint density at radius 2 is 2.04 bits per heavy atom. The smallest absolute Gasteiger partial charge is 0.220 e. The SMILES string of the molecule is CN=C(NCC1(c2ccc(F)cc2)CCC1)N1CCCC2(CNC(=O)C2)C1. The van der Waals surface area contributed by atoms with E-state index in [0.717, 1.165) is 57.8 Å². The molecule has 1 aromatic carbocycles. The summed E-state index contributed by atoms with van der Waals surface area (Å²) in [6.07, 6.45) is 6.24. The minimum absolute atomic E-state index is 0.0536. The Labute approximate surface area is 160 Å². The van der Waals surface area contributed by atoms with Crippen LogP contribution in [-0.4, -0.2) is 50.0 Å². The molecule has 2 N–H and O–H groups in total. The maximum atomic E-state index is 13.3. The minimum Gasteiger partial charge on any atom is -0.355 e. The van der Waals surface area contributed by atoms with Crippen LogP contribution in [0.3, 0.4) is 0 Å². The van der Waals surface area contributed by atoms with Crippen molar-refractivity contribution >= 4 is 11.9 Å². The van der Waals surface area contributed by atoms with Crippen LogP contribution in [0.1, 0.15) is 44.1 Å². The molecule has 1 saturated carbocycles. The average molecular weight is 372 g/mol. The van der Waals surface area contributed by atoms with Crippen LogP contribution >= 0.6 is 0 Å². The van der Waals surface area contributed by atoms with Gasteiger partial charge in [-0.3, -0.25) is 9.79 Å². The first-order valence-corrected chi connectivity index (χ1v) is 10.0. The molecule has 1 amide bonds. The van der Waals surface area contributed by atoms with Gasteiger partial charge in [-0.15, -0.1) is 0 Å². The molecule has 2 heterocycles. The van der Waals surface area contributed by atoms with Gasteiger partial charge >= 0.3 is 0 Å². The van der Waals surface area contributed by atoms with Crippen molar-refractivity contribution in [1.29, 1.82) is 0 Å². The molecule has 6 heteroatoms. The summed E-state index contributed by atoms with van der Waals surface area (Å²) in [6.45, 7) is 3.43. The fourth-order valence-electron chi connectivity index (χ4n) is 4.98. The number of carbonyl (C=O) groups excluding carboxylic acids is 1. The first-order chi connectivity index (χ1) is 13.0. The Morgan fingerprint density at radius 3 is 2.63 bits per heavy atom. The first-order valence-electron chi connectivity index (χ1n) is 10.0. The zero-order chi connectivity index (χ0) is 18.9. The zero-order valence-corrected chi connectivity index (χ0v) is 16.1. The number of likely N-dealkylation sites (tertiary alicyclic amines) is 1. The third-order valence-electron chi connectivity index (χ3n) is 6.72. The largest absolute Gasteiger partial charge is 0.355 e.